The van der Waals surface area contributed by atoms with Crippen LogP contribution in [0.3, 0.4) is 0 Å². The van der Waals surface area contributed by atoms with Crippen LogP contribution in [0.5, 0.6) is 0 Å². The maximum Gasteiger partial charge on any atom is 0.307 e. The van der Waals surface area contributed by atoms with Crippen LogP contribution in [0.1, 0.15) is 12.0 Å². The molecule has 0 amide bonds. The number of sulfone groups is 1. The Kier molecular flexibility index (Phi) is 3.89. The van der Waals surface area contributed by atoms with Gasteiger partial charge in [0.1, 0.15) is 5.82 Å². The molecule has 0 spiro atoms. The summed E-state index contributed by atoms with van der Waals surface area (Å²) in [4.78, 5) is 11.2. The van der Waals surface area contributed by atoms with Gasteiger partial charge in [-0.25, -0.2) is 12.8 Å². The van der Waals surface area contributed by atoms with E-state index in [4.69, 9.17) is 5.11 Å². The summed E-state index contributed by atoms with van der Waals surface area (Å²) in [6, 6.07) is 5.98. The third-order valence-corrected chi connectivity index (χ3v) is 5.23. The topological polar surface area (TPSA) is 71.4 Å². The van der Waals surface area contributed by atoms with Crippen LogP contribution >= 0.6 is 0 Å². The molecule has 1 N–H and O–H groups in total. The number of benzene rings is 1. The number of aliphatic carboxylic acids is 1. The Morgan fingerprint density at radius 1 is 1.42 bits per heavy atom. The summed E-state index contributed by atoms with van der Waals surface area (Å²) in [5.41, 5.74) is 0.704. The molecule has 0 aliphatic carbocycles. The van der Waals surface area contributed by atoms with Crippen LogP contribution in [0.15, 0.2) is 24.3 Å². The average molecular weight is 286 g/mol. The van der Waals surface area contributed by atoms with Crippen LogP contribution in [0.25, 0.3) is 0 Å². The molecule has 1 aliphatic rings. The fourth-order valence-corrected chi connectivity index (χ4v) is 4.30. The maximum absolute atomic E-state index is 13.1. The lowest BCUT2D eigenvalue weighted by Gasteiger charge is -2.28. The number of carboxylic acid groups (broad SMARTS) is 1. The van der Waals surface area contributed by atoms with Crippen molar-refractivity contribution in [3.8, 4) is 0 Å². The van der Waals surface area contributed by atoms with Gasteiger partial charge < -0.3 is 5.11 Å². The van der Waals surface area contributed by atoms with Crippen molar-refractivity contribution in [2.24, 2.45) is 11.8 Å². The van der Waals surface area contributed by atoms with E-state index in [1.165, 1.54) is 12.1 Å². The minimum absolute atomic E-state index is 0.0107. The fourth-order valence-electron chi connectivity index (χ4n) is 2.51. The summed E-state index contributed by atoms with van der Waals surface area (Å²) >= 11 is 0. The van der Waals surface area contributed by atoms with Gasteiger partial charge in [-0.3, -0.25) is 4.79 Å². The first-order valence-electron chi connectivity index (χ1n) is 6.05. The van der Waals surface area contributed by atoms with Gasteiger partial charge >= 0.3 is 5.97 Å². The van der Waals surface area contributed by atoms with E-state index >= 15 is 0 Å². The monoisotopic (exact) mass is 286 g/mol. The van der Waals surface area contributed by atoms with Gasteiger partial charge in [0.05, 0.1) is 17.4 Å². The van der Waals surface area contributed by atoms with E-state index in [1.807, 2.05) is 0 Å². The molecule has 0 saturated carbocycles. The molecule has 1 fully saturated rings. The normalized spacial score (nSPS) is 25.9. The summed E-state index contributed by atoms with van der Waals surface area (Å²) in [6.07, 6.45) is 0.708. The summed E-state index contributed by atoms with van der Waals surface area (Å²) in [6.45, 7) is 0. The summed E-state index contributed by atoms with van der Waals surface area (Å²) in [7, 11) is -3.27. The first kappa shape index (κ1) is 14.0. The highest BCUT2D eigenvalue weighted by Crippen LogP contribution is 2.29. The zero-order chi connectivity index (χ0) is 14.0. The second-order valence-electron chi connectivity index (χ2n) is 4.94. The number of halogens is 1. The van der Waals surface area contributed by atoms with Crippen molar-refractivity contribution < 1.29 is 22.7 Å². The van der Waals surface area contributed by atoms with Crippen molar-refractivity contribution in [1.29, 1.82) is 0 Å². The Labute approximate surface area is 111 Å². The zero-order valence-corrected chi connectivity index (χ0v) is 11.1. The van der Waals surface area contributed by atoms with Crippen molar-refractivity contribution in [3.05, 3.63) is 35.6 Å². The molecule has 1 saturated heterocycles. The fraction of sp³-hybridized carbons (Fsp3) is 0.462. The molecule has 104 valence electrons. The molecule has 0 radical (unpaired) electrons. The highest BCUT2D eigenvalue weighted by molar-refractivity contribution is 7.91. The first-order chi connectivity index (χ1) is 8.87. The quantitative estimate of drug-likeness (QED) is 0.914. The largest absolute Gasteiger partial charge is 0.481 e. The van der Waals surface area contributed by atoms with Crippen molar-refractivity contribution in [2.75, 3.05) is 11.5 Å². The molecule has 1 aromatic rings. The minimum Gasteiger partial charge on any atom is -0.481 e. The zero-order valence-electron chi connectivity index (χ0n) is 10.3. The van der Waals surface area contributed by atoms with Gasteiger partial charge in [-0.1, -0.05) is 12.1 Å². The van der Waals surface area contributed by atoms with Gasteiger partial charge in [0.15, 0.2) is 9.84 Å². The van der Waals surface area contributed by atoms with Crippen LogP contribution in [0.2, 0.25) is 0 Å². The smallest absolute Gasteiger partial charge is 0.307 e. The molecule has 1 aliphatic heterocycles. The number of hydrogen-bond acceptors (Lipinski definition) is 3. The molecule has 2 atom stereocenters. The molecule has 6 heteroatoms. The lowest BCUT2D eigenvalue weighted by molar-refractivity contribution is -0.143. The SMILES string of the molecule is O=C(O)C1CS(=O)(=O)CCC1Cc1cccc(F)c1. The van der Waals surface area contributed by atoms with Crippen LogP contribution in [-0.2, 0) is 21.1 Å². The van der Waals surface area contributed by atoms with Gasteiger partial charge in [0.25, 0.3) is 0 Å². The van der Waals surface area contributed by atoms with Crippen molar-refractivity contribution in [1.82, 2.24) is 0 Å². The lowest BCUT2D eigenvalue weighted by atomic mass is 9.85. The van der Waals surface area contributed by atoms with Gasteiger partial charge in [0.2, 0.25) is 0 Å². The Morgan fingerprint density at radius 3 is 2.79 bits per heavy atom. The van der Waals surface area contributed by atoms with Crippen molar-refractivity contribution >= 4 is 15.8 Å². The van der Waals surface area contributed by atoms with Gasteiger partial charge in [0, 0.05) is 0 Å². The van der Waals surface area contributed by atoms with E-state index in [9.17, 15) is 17.6 Å². The summed E-state index contributed by atoms with van der Waals surface area (Å²) < 4.78 is 36.1. The van der Waals surface area contributed by atoms with E-state index in [0.29, 0.717) is 18.4 Å². The standard InChI is InChI=1S/C13H15FO4S/c14-11-3-1-2-9(7-11)6-10-4-5-19(17,18)8-12(10)13(15)16/h1-3,7,10,12H,4-6,8H2,(H,15,16). The van der Waals surface area contributed by atoms with Crippen LogP contribution < -0.4 is 0 Å². The number of rotatable bonds is 3. The van der Waals surface area contributed by atoms with E-state index in [2.05, 4.69) is 0 Å². The molecule has 0 bridgehead atoms. The van der Waals surface area contributed by atoms with Crippen LogP contribution in [-0.4, -0.2) is 31.0 Å². The van der Waals surface area contributed by atoms with E-state index < -0.39 is 21.7 Å². The predicted molar refractivity (Wildman–Crippen MR) is 68.0 cm³/mol. The molecule has 1 heterocycles. The van der Waals surface area contributed by atoms with E-state index in [1.54, 1.807) is 12.1 Å². The molecular formula is C13H15FO4S. The molecule has 2 rings (SSSR count). The highest BCUT2D eigenvalue weighted by atomic mass is 32.2. The first-order valence-corrected chi connectivity index (χ1v) is 7.87. The molecular weight excluding hydrogens is 271 g/mol. The summed E-state index contributed by atoms with van der Waals surface area (Å²) in [5, 5.41) is 9.13. The second kappa shape index (κ2) is 5.28. The molecule has 0 aromatic heterocycles. The second-order valence-corrected chi connectivity index (χ2v) is 7.17. The van der Waals surface area contributed by atoms with Crippen LogP contribution in [0.4, 0.5) is 4.39 Å². The third-order valence-electron chi connectivity index (χ3n) is 3.51. The lowest BCUT2D eigenvalue weighted by Crippen LogP contribution is -2.38. The van der Waals surface area contributed by atoms with Crippen molar-refractivity contribution in [2.45, 2.75) is 12.8 Å². The maximum atomic E-state index is 13.1. The minimum atomic E-state index is -3.27. The van der Waals surface area contributed by atoms with Gasteiger partial charge in [-0.2, -0.15) is 0 Å². The number of carboxylic acids is 1. The average Bonchev–Trinajstić information content (AvgIpc) is 2.31. The van der Waals surface area contributed by atoms with E-state index in [0.717, 1.165) is 0 Å². The summed E-state index contributed by atoms with van der Waals surface area (Å²) in [5.74, 6) is -2.93. The molecule has 4 nitrogen and oxygen atoms in total. The van der Waals surface area contributed by atoms with Gasteiger partial charge in [-0.05, 0) is 36.5 Å². The Balaban J connectivity index is 2.17. The Bertz CT molecular complexity index is 582. The van der Waals surface area contributed by atoms with Crippen LogP contribution in [0, 0.1) is 17.7 Å². The van der Waals surface area contributed by atoms with Crippen molar-refractivity contribution in [3.63, 3.8) is 0 Å². The Morgan fingerprint density at radius 2 is 2.16 bits per heavy atom. The molecule has 1 aromatic carbocycles. The highest BCUT2D eigenvalue weighted by Gasteiger charge is 2.37. The van der Waals surface area contributed by atoms with Gasteiger partial charge in [-0.15, -0.1) is 0 Å². The van der Waals surface area contributed by atoms with E-state index in [-0.39, 0.29) is 23.2 Å². The predicted octanol–water partition coefficient (Wildman–Crippen LogP) is 1.50. The molecule has 19 heavy (non-hydrogen) atoms. The Hall–Kier alpha value is -1.43. The molecule has 2 unspecified atom stereocenters. The number of carbonyl (C=O) groups is 1. The third kappa shape index (κ3) is 3.53. The number of hydrogen-bond donors (Lipinski definition) is 1.